The molecule has 0 aromatic carbocycles. The van der Waals surface area contributed by atoms with Crippen molar-refractivity contribution in [1.29, 1.82) is 0 Å². The van der Waals surface area contributed by atoms with Gasteiger partial charge in [0, 0.05) is 11.6 Å². The molecule has 1 aliphatic carbocycles. The summed E-state index contributed by atoms with van der Waals surface area (Å²) in [6.07, 6.45) is 6.57. The van der Waals surface area contributed by atoms with E-state index in [-0.39, 0.29) is 5.25 Å². The zero-order valence-electron chi connectivity index (χ0n) is 9.26. The van der Waals surface area contributed by atoms with Crippen molar-refractivity contribution < 1.29 is 8.42 Å². The van der Waals surface area contributed by atoms with Gasteiger partial charge in [0.05, 0.1) is 16.3 Å². The minimum absolute atomic E-state index is 0.228. The van der Waals surface area contributed by atoms with Crippen LogP contribution in [0.3, 0.4) is 0 Å². The maximum absolute atomic E-state index is 12.3. The van der Waals surface area contributed by atoms with Gasteiger partial charge in [0.25, 0.3) is 0 Å². The van der Waals surface area contributed by atoms with Gasteiger partial charge in [-0.2, -0.15) is 5.10 Å². The van der Waals surface area contributed by atoms with Gasteiger partial charge in [0.1, 0.15) is 0 Å². The van der Waals surface area contributed by atoms with Gasteiger partial charge in [-0.3, -0.25) is 5.10 Å². The second kappa shape index (κ2) is 3.80. The van der Waals surface area contributed by atoms with Gasteiger partial charge in [0.15, 0.2) is 15.5 Å². The standard InChI is InChI=1S/C11H13N3O2S/c15-17(16,9-3-1-2-4-9)10-5-8-6-13-14-11(8)12-7-10/h5-7,9H,1-4H2,(H,12,13,14). The maximum Gasteiger partial charge on any atom is 0.182 e. The molecule has 1 saturated carbocycles. The molecule has 2 heterocycles. The van der Waals surface area contributed by atoms with Crippen LogP contribution in [0.2, 0.25) is 0 Å². The van der Waals surface area contributed by atoms with Crippen LogP contribution in [-0.2, 0) is 9.84 Å². The monoisotopic (exact) mass is 251 g/mol. The Hall–Kier alpha value is -1.43. The van der Waals surface area contributed by atoms with E-state index in [1.54, 1.807) is 12.3 Å². The first-order chi connectivity index (χ1) is 8.18. The Kier molecular flexibility index (Phi) is 2.39. The number of nitrogens with zero attached hydrogens (tertiary/aromatic N) is 2. The zero-order chi connectivity index (χ0) is 11.9. The van der Waals surface area contributed by atoms with Crippen molar-refractivity contribution in [2.75, 3.05) is 0 Å². The van der Waals surface area contributed by atoms with Gasteiger partial charge in [0.2, 0.25) is 0 Å². The molecular formula is C11H13N3O2S. The third kappa shape index (κ3) is 1.72. The summed E-state index contributed by atoms with van der Waals surface area (Å²) < 4.78 is 24.7. The smallest absolute Gasteiger partial charge is 0.182 e. The summed E-state index contributed by atoms with van der Waals surface area (Å²) >= 11 is 0. The maximum atomic E-state index is 12.3. The highest BCUT2D eigenvalue weighted by atomic mass is 32.2. The van der Waals surface area contributed by atoms with Crippen LogP contribution in [0.15, 0.2) is 23.4 Å². The molecule has 5 nitrogen and oxygen atoms in total. The van der Waals surface area contributed by atoms with Gasteiger partial charge in [-0.15, -0.1) is 0 Å². The van der Waals surface area contributed by atoms with Crippen molar-refractivity contribution in [2.24, 2.45) is 0 Å². The predicted molar refractivity (Wildman–Crippen MR) is 63.3 cm³/mol. The van der Waals surface area contributed by atoms with Gasteiger partial charge in [-0.05, 0) is 18.9 Å². The lowest BCUT2D eigenvalue weighted by molar-refractivity contribution is 0.579. The topological polar surface area (TPSA) is 75.7 Å². The minimum Gasteiger partial charge on any atom is -0.261 e. The minimum atomic E-state index is -3.21. The summed E-state index contributed by atoms with van der Waals surface area (Å²) in [7, 11) is -3.21. The van der Waals surface area contributed by atoms with Crippen molar-refractivity contribution in [3.8, 4) is 0 Å². The van der Waals surface area contributed by atoms with Gasteiger partial charge in [-0.1, -0.05) is 12.8 Å². The second-order valence-corrected chi connectivity index (χ2v) is 6.66. The number of pyridine rings is 1. The molecule has 0 bridgehead atoms. The van der Waals surface area contributed by atoms with Crippen LogP contribution in [0.1, 0.15) is 25.7 Å². The third-order valence-electron chi connectivity index (χ3n) is 3.34. The van der Waals surface area contributed by atoms with E-state index in [0.29, 0.717) is 10.5 Å². The fourth-order valence-electron chi connectivity index (χ4n) is 2.36. The van der Waals surface area contributed by atoms with E-state index in [4.69, 9.17) is 0 Å². The number of aromatic nitrogens is 3. The van der Waals surface area contributed by atoms with Crippen LogP contribution < -0.4 is 0 Å². The Morgan fingerprint density at radius 1 is 1.24 bits per heavy atom. The SMILES string of the molecule is O=S(=O)(c1cnc2[nH]ncc2c1)C1CCCC1. The molecule has 0 radical (unpaired) electrons. The lowest BCUT2D eigenvalue weighted by Gasteiger charge is -2.10. The second-order valence-electron chi connectivity index (χ2n) is 4.43. The molecule has 0 amide bonds. The Balaban J connectivity index is 2.07. The number of nitrogens with one attached hydrogen (secondary N) is 1. The van der Waals surface area contributed by atoms with E-state index in [1.807, 2.05) is 0 Å². The Labute approximate surface area is 99.2 Å². The molecule has 1 N–H and O–H groups in total. The van der Waals surface area contributed by atoms with E-state index in [2.05, 4.69) is 15.2 Å². The molecular weight excluding hydrogens is 238 g/mol. The van der Waals surface area contributed by atoms with Crippen LogP contribution >= 0.6 is 0 Å². The van der Waals surface area contributed by atoms with Crippen LogP contribution in [0.4, 0.5) is 0 Å². The van der Waals surface area contributed by atoms with Crippen molar-refractivity contribution >= 4 is 20.9 Å². The Morgan fingerprint density at radius 2 is 2.00 bits per heavy atom. The molecule has 6 heteroatoms. The van der Waals surface area contributed by atoms with Crippen molar-refractivity contribution in [3.63, 3.8) is 0 Å². The molecule has 0 saturated heterocycles. The summed E-state index contributed by atoms with van der Waals surface area (Å²) in [5.41, 5.74) is 0.621. The number of aromatic amines is 1. The normalized spacial score (nSPS) is 17.9. The van der Waals surface area contributed by atoms with Crippen molar-refractivity contribution in [1.82, 2.24) is 15.2 Å². The highest BCUT2D eigenvalue weighted by Gasteiger charge is 2.30. The van der Waals surface area contributed by atoms with E-state index in [9.17, 15) is 8.42 Å². The van der Waals surface area contributed by atoms with E-state index in [0.717, 1.165) is 31.1 Å². The first-order valence-corrected chi connectivity index (χ1v) is 7.25. The highest BCUT2D eigenvalue weighted by molar-refractivity contribution is 7.92. The number of fused-ring (bicyclic) bond motifs is 1. The molecule has 17 heavy (non-hydrogen) atoms. The number of hydrogen-bond acceptors (Lipinski definition) is 4. The lowest BCUT2D eigenvalue weighted by Crippen LogP contribution is -2.17. The molecule has 3 rings (SSSR count). The summed E-state index contributed by atoms with van der Waals surface area (Å²) in [5.74, 6) is 0. The summed E-state index contributed by atoms with van der Waals surface area (Å²) in [4.78, 5) is 4.40. The van der Waals surface area contributed by atoms with E-state index < -0.39 is 9.84 Å². The molecule has 2 aromatic heterocycles. The average molecular weight is 251 g/mol. The first kappa shape index (κ1) is 10.7. The fourth-order valence-corrected chi connectivity index (χ4v) is 4.19. The highest BCUT2D eigenvalue weighted by Crippen LogP contribution is 2.29. The molecule has 2 aromatic rings. The van der Waals surface area contributed by atoms with Gasteiger partial charge >= 0.3 is 0 Å². The van der Waals surface area contributed by atoms with Crippen molar-refractivity contribution in [3.05, 3.63) is 18.5 Å². The van der Waals surface area contributed by atoms with Crippen LogP contribution in [0.5, 0.6) is 0 Å². The van der Waals surface area contributed by atoms with Crippen LogP contribution in [0, 0.1) is 0 Å². The van der Waals surface area contributed by atoms with Crippen LogP contribution in [-0.4, -0.2) is 28.8 Å². The molecule has 0 unspecified atom stereocenters. The summed E-state index contributed by atoms with van der Waals surface area (Å²) in [5, 5.41) is 7.06. The van der Waals surface area contributed by atoms with E-state index in [1.165, 1.54) is 6.20 Å². The number of hydrogen-bond donors (Lipinski definition) is 1. The molecule has 0 spiro atoms. The largest absolute Gasteiger partial charge is 0.261 e. The zero-order valence-corrected chi connectivity index (χ0v) is 10.1. The predicted octanol–water partition coefficient (Wildman–Crippen LogP) is 1.67. The number of rotatable bonds is 2. The Bertz CT molecular complexity index is 642. The number of H-pyrrole nitrogens is 1. The molecule has 0 atom stereocenters. The third-order valence-corrected chi connectivity index (χ3v) is 5.57. The molecule has 90 valence electrons. The fraction of sp³-hybridized carbons (Fsp3) is 0.455. The number of sulfone groups is 1. The van der Waals surface area contributed by atoms with Gasteiger partial charge in [-0.25, -0.2) is 13.4 Å². The lowest BCUT2D eigenvalue weighted by atomic mass is 10.4. The Morgan fingerprint density at radius 3 is 2.76 bits per heavy atom. The summed E-state index contributed by atoms with van der Waals surface area (Å²) in [6.45, 7) is 0. The van der Waals surface area contributed by atoms with Crippen LogP contribution in [0.25, 0.3) is 11.0 Å². The molecule has 1 fully saturated rings. The van der Waals surface area contributed by atoms with E-state index >= 15 is 0 Å². The summed E-state index contributed by atoms with van der Waals surface area (Å²) in [6, 6.07) is 1.65. The average Bonchev–Trinajstić information content (AvgIpc) is 2.99. The van der Waals surface area contributed by atoms with Crippen molar-refractivity contribution in [2.45, 2.75) is 35.8 Å². The molecule has 1 aliphatic rings. The quantitative estimate of drug-likeness (QED) is 0.881. The molecule has 0 aliphatic heterocycles. The first-order valence-electron chi connectivity index (χ1n) is 5.71. The van der Waals surface area contributed by atoms with Gasteiger partial charge < -0.3 is 0 Å².